The zero-order valence-corrected chi connectivity index (χ0v) is 16.5. The predicted molar refractivity (Wildman–Crippen MR) is 111 cm³/mol. The van der Waals surface area contributed by atoms with Gasteiger partial charge in [-0.15, -0.1) is 0 Å². The van der Waals surface area contributed by atoms with Gasteiger partial charge < -0.3 is 10.2 Å². The van der Waals surface area contributed by atoms with Crippen molar-refractivity contribution >= 4 is 22.6 Å². The number of hydrogen-bond acceptors (Lipinski definition) is 4. The SMILES string of the molecule is N#C[C@@H]1CCCN1C(=O)CN1CC[C@H](NC(=O)Cc2cccc3ccccc23)C1. The summed E-state index contributed by atoms with van der Waals surface area (Å²) < 4.78 is 0. The molecule has 2 aromatic rings. The number of nitriles is 1. The maximum Gasteiger partial charge on any atom is 0.237 e. The predicted octanol–water partition coefficient (Wildman–Crippen LogP) is 2.09. The fourth-order valence-corrected chi connectivity index (χ4v) is 4.47. The molecule has 150 valence electrons. The summed E-state index contributed by atoms with van der Waals surface area (Å²) in [7, 11) is 0. The Hall–Kier alpha value is -2.91. The van der Waals surface area contributed by atoms with Gasteiger partial charge in [0, 0.05) is 25.7 Å². The monoisotopic (exact) mass is 390 g/mol. The first kappa shape index (κ1) is 19.4. The highest BCUT2D eigenvalue weighted by Crippen LogP contribution is 2.20. The molecule has 0 saturated carbocycles. The molecule has 2 aromatic carbocycles. The lowest BCUT2D eigenvalue weighted by atomic mass is 10.0. The second-order valence-electron chi connectivity index (χ2n) is 7.98. The van der Waals surface area contributed by atoms with E-state index in [4.69, 9.17) is 5.26 Å². The van der Waals surface area contributed by atoms with Crippen LogP contribution in [-0.2, 0) is 16.0 Å². The quantitative estimate of drug-likeness (QED) is 0.848. The van der Waals surface area contributed by atoms with Gasteiger partial charge in [0.1, 0.15) is 6.04 Å². The Morgan fingerprint density at radius 2 is 1.93 bits per heavy atom. The Bertz CT molecular complexity index is 946. The molecule has 2 saturated heterocycles. The van der Waals surface area contributed by atoms with E-state index in [1.165, 1.54) is 0 Å². The minimum Gasteiger partial charge on any atom is -0.352 e. The number of hydrogen-bond donors (Lipinski definition) is 1. The van der Waals surface area contributed by atoms with E-state index in [0.717, 1.165) is 42.1 Å². The second-order valence-corrected chi connectivity index (χ2v) is 7.98. The number of rotatable bonds is 5. The third kappa shape index (κ3) is 4.41. The van der Waals surface area contributed by atoms with Gasteiger partial charge in [-0.3, -0.25) is 14.5 Å². The van der Waals surface area contributed by atoms with Gasteiger partial charge in [0.05, 0.1) is 19.0 Å². The fourth-order valence-electron chi connectivity index (χ4n) is 4.47. The van der Waals surface area contributed by atoms with Crippen LogP contribution < -0.4 is 5.32 Å². The summed E-state index contributed by atoms with van der Waals surface area (Å²) in [4.78, 5) is 28.9. The van der Waals surface area contributed by atoms with E-state index in [2.05, 4.69) is 28.4 Å². The molecule has 2 aliphatic rings. The van der Waals surface area contributed by atoms with Crippen molar-refractivity contribution in [3.05, 3.63) is 48.0 Å². The molecule has 0 radical (unpaired) electrons. The lowest BCUT2D eigenvalue weighted by molar-refractivity contribution is -0.132. The van der Waals surface area contributed by atoms with Crippen LogP contribution in [0.25, 0.3) is 10.8 Å². The zero-order chi connectivity index (χ0) is 20.2. The number of nitrogens with one attached hydrogen (secondary N) is 1. The number of carbonyl (C=O) groups is 2. The first-order chi connectivity index (χ1) is 14.1. The average Bonchev–Trinajstić information content (AvgIpc) is 3.37. The molecule has 4 rings (SSSR count). The van der Waals surface area contributed by atoms with E-state index in [9.17, 15) is 9.59 Å². The highest BCUT2D eigenvalue weighted by molar-refractivity contribution is 5.90. The second kappa shape index (κ2) is 8.62. The van der Waals surface area contributed by atoms with Crippen LogP contribution in [0.4, 0.5) is 0 Å². The van der Waals surface area contributed by atoms with Gasteiger partial charge in [-0.25, -0.2) is 0 Å². The largest absolute Gasteiger partial charge is 0.352 e. The Balaban J connectivity index is 1.29. The Kier molecular flexibility index (Phi) is 5.77. The Labute approximate surface area is 171 Å². The van der Waals surface area contributed by atoms with Gasteiger partial charge in [-0.2, -0.15) is 5.26 Å². The van der Waals surface area contributed by atoms with Gasteiger partial charge >= 0.3 is 0 Å². The molecule has 29 heavy (non-hydrogen) atoms. The third-order valence-corrected chi connectivity index (χ3v) is 5.95. The van der Waals surface area contributed by atoms with Crippen molar-refractivity contribution in [3.8, 4) is 6.07 Å². The maximum atomic E-state index is 12.6. The molecule has 1 N–H and O–H groups in total. The van der Waals surface area contributed by atoms with E-state index in [-0.39, 0.29) is 23.9 Å². The summed E-state index contributed by atoms with van der Waals surface area (Å²) in [5.74, 6) is 0.0420. The highest BCUT2D eigenvalue weighted by Gasteiger charge is 2.31. The summed E-state index contributed by atoms with van der Waals surface area (Å²) in [5, 5.41) is 14.5. The molecule has 2 amide bonds. The number of benzene rings is 2. The van der Waals surface area contributed by atoms with Crippen LogP contribution in [0, 0.1) is 11.3 Å². The molecule has 0 aromatic heterocycles. The van der Waals surface area contributed by atoms with E-state index < -0.39 is 0 Å². The van der Waals surface area contributed by atoms with Crippen LogP contribution in [0.1, 0.15) is 24.8 Å². The van der Waals surface area contributed by atoms with E-state index in [1.807, 2.05) is 30.3 Å². The summed E-state index contributed by atoms with van der Waals surface area (Å²) in [6.45, 7) is 2.47. The van der Waals surface area contributed by atoms with Crippen LogP contribution in [0.2, 0.25) is 0 Å². The molecule has 2 aliphatic heterocycles. The molecule has 2 fully saturated rings. The Morgan fingerprint density at radius 1 is 1.10 bits per heavy atom. The van der Waals surface area contributed by atoms with Gasteiger partial charge in [0.15, 0.2) is 0 Å². The fraction of sp³-hybridized carbons (Fsp3) is 0.435. The molecule has 6 nitrogen and oxygen atoms in total. The van der Waals surface area contributed by atoms with E-state index >= 15 is 0 Å². The van der Waals surface area contributed by atoms with Gasteiger partial charge in [-0.05, 0) is 35.6 Å². The summed E-state index contributed by atoms with van der Waals surface area (Å²) >= 11 is 0. The zero-order valence-electron chi connectivity index (χ0n) is 16.5. The van der Waals surface area contributed by atoms with Crippen LogP contribution in [0.15, 0.2) is 42.5 Å². The van der Waals surface area contributed by atoms with Crippen molar-refractivity contribution in [2.24, 2.45) is 0 Å². The Morgan fingerprint density at radius 3 is 2.79 bits per heavy atom. The van der Waals surface area contributed by atoms with Crippen LogP contribution in [-0.4, -0.2) is 59.9 Å². The smallest absolute Gasteiger partial charge is 0.237 e. The topological polar surface area (TPSA) is 76.4 Å². The number of carbonyl (C=O) groups excluding carboxylic acids is 2. The molecule has 2 atom stereocenters. The number of fused-ring (bicyclic) bond motifs is 1. The molecule has 0 aliphatic carbocycles. The van der Waals surface area contributed by atoms with Gasteiger partial charge in [0.2, 0.25) is 11.8 Å². The van der Waals surface area contributed by atoms with Crippen molar-refractivity contribution in [2.45, 2.75) is 37.8 Å². The van der Waals surface area contributed by atoms with Gasteiger partial charge in [0.25, 0.3) is 0 Å². The van der Waals surface area contributed by atoms with E-state index in [1.54, 1.807) is 4.90 Å². The highest BCUT2D eigenvalue weighted by atomic mass is 16.2. The van der Waals surface area contributed by atoms with E-state index in [0.29, 0.717) is 26.1 Å². The van der Waals surface area contributed by atoms with Crippen molar-refractivity contribution in [1.29, 1.82) is 5.26 Å². The first-order valence-electron chi connectivity index (χ1n) is 10.3. The van der Waals surface area contributed by atoms with Crippen LogP contribution in [0.5, 0.6) is 0 Å². The summed E-state index contributed by atoms with van der Waals surface area (Å²) in [5.41, 5.74) is 1.03. The lowest BCUT2D eigenvalue weighted by Gasteiger charge is -2.23. The maximum absolute atomic E-state index is 12.6. The minimum atomic E-state index is -0.277. The standard InChI is InChI=1S/C23H26N4O2/c24-14-20-8-4-11-27(20)23(29)16-26-12-10-19(15-26)25-22(28)13-18-7-3-6-17-5-1-2-9-21(17)18/h1-3,5-7,9,19-20H,4,8,10-13,15-16H2,(H,25,28)/t19-,20-/m0/s1. The van der Waals surface area contributed by atoms with Gasteiger partial charge in [-0.1, -0.05) is 42.5 Å². The molecule has 0 unspecified atom stereocenters. The number of likely N-dealkylation sites (tertiary alicyclic amines) is 2. The number of amides is 2. The molecule has 0 bridgehead atoms. The molecular formula is C23H26N4O2. The van der Waals surface area contributed by atoms with Crippen molar-refractivity contribution in [3.63, 3.8) is 0 Å². The van der Waals surface area contributed by atoms with Crippen LogP contribution >= 0.6 is 0 Å². The van der Waals surface area contributed by atoms with Crippen molar-refractivity contribution in [2.75, 3.05) is 26.2 Å². The first-order valence-corrected chi connectivity index (χ1v) is 10.3. The lowest BCUT2D eigenvalue weighted by Crippen LogP contribution is -2.43. The molecule has 0 spiro atoms. The number of nitrogens with zero attached hydrogens (tertiary/aromatic N) is 3. The minimum absolute atomic E-state index is 0.0172. The summed E-state index contributed by atoms with van der Waals surface area (Å²) in [6, 6.07) is 16.2. The normalized spacial score (nSPS) is 22.0. The van der Waals surface area contributed by atoms with Crippen LogP contribution in [0.3, 0.4) is 0 Å². The summed E-state index contributed by atoms with van der Waals surface area (Å²) in [6.07, 6.45) is 2.87. The third-order valence-electron chi connectivity index (χ3n) is 5.95. The van der Waals surface area contributed by atoms with Crippen molar-refractivity contribution in [1.82, 2.24) is 15.1 Å². The average molecular weight is 390 g/mol. The van der Waals surface area contributed by atoms with Crippen molar-refractivity contribution < 1.29 is 9.59 Å². The molecule has 6 heteroatoms. The molecule has 2 heterocycles. The molecular weight excluding hydrogens is 364 g/mol.